The van der Waals surface area contributed by atoms with Crippen LogP contribution < -0.4 is 0 Å². The van der Waals surface area contributed by atoms with Crippen molar-refractivity contribution in [1.82, 2.24) is 0 Å². The number of phenolic OH excluding ortho intramolecular Hbond substituents is 1. The fourth-order valence-electron chi connectivity index (χ4n) is 1.51. The van der Waals surface area contributed by atoms with Gasteiger partial charge in [0, 0.05) is 11.7 Å². The van der Waals surface area contributed by atoms with Crippen LogP contribution in [0, 0.1) is 5.82 Å². The number of aliphatic hydroxyl groups excluding tert-OH is 1. The van der Waals surface area contributed by atoms with Crippen LogP contribution in [0.4, 0.5) is 4.39 Å². The summed E-state index contributed by atoms with van der Waals surface area (Å²) in [5.74, 6) is -1.63. The van der Waals surface area contributed by atoms with Crippen molar-refractivity contribution < 1.29 is 23.0 Å². The van der Waals surface area contributed by atoms with Crippen molar-refractivity contribution in [2.45, 2.75) is 24.2 Å². The quantitative estimate of drug-likeness (QED) is 0.858. The first-order chi connectivity index (χ1) is 7.61. The zero-order chi connectivity index (χ0) is 13.4. The van der Waals surface area contributed by atoms with Gasteiger partial charge in [0.25, 0.3) is 0 Å². The fourth-order valence-corrected chi connectivity index (χ4v) is 2.39. The van der Waals surface area contributed by atoms with Gasteiger partial charge in [-0.3, -0.25) is 0 Å². The lowest BCUT2D eigenvalue weighted by Crippen LogP contribution is -2.24. The summed E-state index contributed by atoms with van der Waals surface area (Å²) in [5, 5.41) is 18.6. The predicted octanol–water partition coefficient (Wildman–Crippen LogP) is 1.20. The van der Waals surface area contributed by atoms with Gasteiger partial charge in [-0.1, -0.05) is 19.9 Å². The van der Waals surface area contributed by atoms with Gasteiger partial charge in [0.15, 0.2) is 9.84 Å². The largest absolute Gasteiger partial charge is 0.506 e. The van der Waals surface area contributed by atoms with Crippen molar-refractivity contribution in [2.75, 3.05) is 12.9 Å². The van der Waals surface area contributed by atoms with E-state index in [1.807, 2.05) is 0 Å². The lowest BCUT2D eigenvalue weighted by Gasteiger charge is -2.23. The number of halogens is 1. The second-order valence-corrected chi connectivity index (χ2v) is 6.54. The van der Waals surface area contributed by atoms with Crippen LogP contribution in [0.5, 0.6) is 5.75 Å². The Morgan fingerprint density at radius 2 is 1.88 bits per heavy atom. The van der Waals surface area contributed by atoms with Gasteiger partial charge >= 0.3 is 0 Å². The van der Waals surface area contributed by atoms with E-state index >= 15 is 0 Å². The Kier molecular flexibility index (Phi) is 3.50. The van der Waals surface area contributed by atoms with E-state index in [0.717, 1.165) is 12.3 Å². The molecule has 0 heterocycles. The van der Waals surface area contributed by atoms with Crippen LogP contribution in [-0.4, -0.2) is 31.5 Å². The Balaban J connectivity index is 3.62. The first-order valence-corrected chi connectivity index (χ1v) is 6.83. The standard InChI is InChI=1S/C11H15FO4S/c1-11(2,6-13)7-4-5-8(14)10(9(7)12)17(3,15)16/h4-5,13-14H,6H2,1-3H3. The van der Waals surface area contributed by atoms with Crippen LogP contribution in [-0.2, 0) is 15.3 Å². The lowest BCUT2D eigenvalue weighted by atomic mass is 9.85. The summed E-state index contributed by atoms with van der Waals surface area (Å²) < 4.78 is 36.8. The maximum Gasteiger partial charge on any atom is 0.182 e. The summed E-state index contributed by atoms with van der Waals surface area (Å²) in [6.07, 6.45) is 0.820. The van der Waals surface area contributed by atoms with Crippen LogP contribution in [0.1, 0.15) is 19.4 Å². The number of aromatic hydroxyl groups is 1. The summed E-state index contributed by atoms with van der Waals surface area (Å²) in [6, 6.07) is 2.39. The van der Waals surface area contributed by atoms with Gasteiger partial charge in [0.1, 0.15) is 16.5 Å². The highest BCUT2D eigenvalue weighted by molar-refractivity contribution is 7.90. The molecular formula is C11H15FO4S. The molecule has 0 aliphatic heterocycles. The molecule has 4 nitrogen and oxygen atoms in total. The maximum atomic E-state index is 14.1. The molecule has 17 heavy (non-hydrogen) atoms. The number of sulfone groups is 1. The molecule has 0 saturated heterocycles. The molecule has 0 atom stereocenters. The van der Waals surface area contributed by atoms with Gasteiger partial charge in [-0.15, -0.1) is 0 Å². The molecule has 0 aliphatic carbocycles. The molecule has 1 aromatic carbocycles. The fraction of sp³-hybridized carbons (Fsp3) is 0.455. The second kappa shape index (κ2) is 4.27. The Bertz CT molecular complexity index is 535. The molecule has 0 amide bonds. The molecule has 0 radical (unpaired) electrons. The van der Waals surface area contributed by atoms with Crippen molar-refractivity contribution in [3.63, 3.8) is 0 Å². The molecule has 0 unspecified atom stereocenters. The third-order valence-electron chi connectivity index (χ3n) is 2.57. The van der Waals surface area contributed by atoms with Gasteiger partial charge in [-0.05, 0) is 11.6 Å². The Morgan fingerprint density at radius 3 is 2.29 bits per heavy atom. The summed E-state index contributed by atoms with van der Waals surface area (Å²) in [4.78, 5) is -0.725. The maximum absolute atomic E-state index is 14.1. The minimum atomic E-state index is -3.86. The number of hydrogen-bond donors (Lipinski definition) is 2. The highest BCUT2D eigenvalue weighted by Crippen LogP contribution is 2.33. The molecule has 0 saturated carbocycles. The molecule has 0 bridgehead atoms. The Morgan fingerprint density at radius 1 is 1.35 bits per heavy atom. The zero-order valence-corrected chi connectivity index (χ0v) is 10.7. The smallest absolute Gasteiger partial charge is 0.182 e. The van der Waals surface area contributed by atoms with Gasteiger partial charge in [0.05, 0.1) is 6.61 Å². The number of phenols is 1. The summed E-state index contributed by atoms with van der Waals surface area (Å²) in [5.41, 5.74) is -0.866. The van der Waals surface area contributed by atoms with Crippen LogP contribution in [0.2, 0.25) is 0 Å². The van der Waals surface area contributed by atoms with Gasteiger partial charge < -0.3 is 10.2 Å². The zero-order valence-electron chi connectivity index (χ0n) is 9.86. The topological polar surface area (TPSA) is 74.6 Å². The van der Waals surface area contributed by atoms with Crippen LogP contribution in [0.15, 0.2) is 17.0 Å². The Labute approximate surface area is 99.6 Å². The molecule has 0 spiro atoms. The number of benzene rings is 1. The number of rotatable bonds is 3. The van der Waals surface area contributed by atoms with E-state index in [1.165, 1.54) is 6.07 Å². The van der Waals surface area contributed by atoms with Crippen molar-refractivity contribution in [3.8, 4) is 5.75 Å². The Hall–Kier alpha value is -1.14. The third-order valence-corrected chi connectivity index (χ3v) is 3.70. The monoisotopic (exact) mass is 262 g/mol. The summed E-state index contributed by atoms with van der Waals surface area (Å²) in [6.45, 7) is 2.82. The normalized spacial score (nSPS) is 12.8. The highest BCUT2D eigenvalue weighted by atomic mass is 32.2. The van der Waals surface area contributed by atoms with E-state index in [-0.39, 0.29) is 12.2 Å². The number of aliphatic hydroxyl groups is 1. The van der Waals surface area contributed by atoms with Crippen molar-refractivity contribution in [1.29, 1.82) is 0 Å². The van der Waals surface area contributed by atoms with E-state index in [1.54, 1.807) is 13.8 Å². The number of hydrogen-bond acceptors (Lipinski definition) is 4. The molecule has 96 valence electrons. The minimum Gasteiger partial charge on any atom is -0.506 e. The average Bonchev–Trinajstić information content (AvgIpc) is 2.15. The van der Waals surface area contributed by atoms with Gasteiger partial charge in [-0.2, -0.15) is 0 Å². The first-order valence-electron chi connectivity index (χ1n) is 4.94. The second-order valence-electron chi connectivity index (χ2n) is 4.59. The van der Waals surface area contributed by atoms with E-state index in [9.17, 15) is 17.9 Å². The summed E-state index contributed by atoms with van der Waals surface area (Å²) in [7, 11) is -3.86. The molecule has 1 aromatic rings. The molecule has 0 fully saturated rings. The molecule has 0 aliphatic rings. The van der Waals surface area contributed by atoms with E-state index < -0.39 is 31.7 Å². The molecule has 2 N–H and O–H groups in total. The first kappa shape index (κ1) is 13.9. The van der Waals surface area contributed by atoms with E-state index in [2.05, 4.69) is 0 Å². The van der Waals surface area contributed by atoms with Crippen LogP contribution in [0.3, 0.4) is 0 Å². The van der Waals surface area contributed by atoms with Gasteiger partial charge in [0.2, 0.25) is 0 Å². The van der Waals surface area contributed by atoms with Crippen LogP contribution >= 0.6 is 0 Å². The van der Waals surface area contributed by atoms with Gasteiger partial charge in [-0.25, -0.2) is 12.8 Å². The van der Waals surface area contributed by atoms with E-state index in [4.69, 9.17) is 5.11 Å². The lowest BCUT2D eigenvalue weighted by molar-refractivity contribution is 0.214. The molecule has 0 aromatic heterocycles. The molecule has 1 rings (SSSR count). The van der Waals surface area contributed by atoms with E-state index in [0.29, 0.717) is 0 Å². The van der Waals surface area contributed by atoms with Crippen molar-refractivity contribution >= 4 is 9.84 Å². The highest BCUT2D eigenvalue weighted by Gasteiger charge is 2.29. The average molecular weight is 262 g/mol. The molecule has 6 heteroatoms. The van der Waals surface area contributed by atoms with Crippen molar-refractivity contribution in [3.05, 3.63) is 23.5 Å². The molecular weight excluding hydrogens is 247 g/mol. The summed E-state index contributed by atoms with van der Waals surface area (Å²) >= 11 is 0. The van der Waals surface area contributed by atoms with Crippen molar-refractivity contribution in [2.24, 2.45) is 0 Å². The van der Waals surface area contributed by atoms with Crippen LogP contribution in [0.25, 0.3) is 0 Å². The predicted molar refractivity (Wildman–Crippen MR) is 61.3 cm³/mol. The minimum absolute atomic E-state index is 0.0539. The SMILES string of the molecule is CC(C)(CO)c1ccc(O)c(S(C)(=O)=O)c1F. The third kappa shape index (κ3) is 2.58.